The lowest BCUT2D eigenvalue weighted by Gasteiger charge is -2.37. The van der Waals surface area contributed by atoms with Gasteiger partial charge in [-0.3, -0.25) is 4.79 Å². The summed E-state index contributed by atoms with van der Waals surface area (Å²) in [6, 6.07) is 0. The fourth-order valence-electron chi connectivity index (χ4n) is 2.93. The highest BCUT2D eigenvalue weighted by molar-refractivity contribution is 5.83. The molecule has 0 saturated carbocycles. The first-order valence-electron chi connectivity index (χ1n) is 6.62. The van der Waals surface area contributed by atoms with Crippen molar-refractivity contribution in [3.05, 3.63) is 0 Å². The van der Waals surface area contributed by atoms with Gasteiger partial charge in [0.05, 0.1) is 12.2 Å². The average Bonchev–Trinajstić information content (AvgIpc) is 2.76. The third kappa shape index (κ3) is 2.87. The molecule has 1 spiro atoms. The van der Waals surface area contributed by atoms with E-state index in [0.717, 1.165) is 32.3 Å². The molecule has 0 aromatic carbocycles. The van der Waals surface area contributed by atoms with Crippen molar-refractivity contribution >= 4 is 5.78 Å². The molecule has 3 unspecified atom stereocenters. The van der Waals surface area contributed by atoms with Gasteiger partial charge >= 0.3 is 0 Å². The van der Waals surface area contributed by atoms with Crippen molar-refractivity contribution in [3.8, 4) is 0 Å². The average molecular weight is 241 g/mol. The molecule has 2 N–H and O–H groups in total. The monoisotopic (exact) mass is 241 g/mol. The lowest BCUT2D eigenvalue weighted by Crippen LogP contribution is -2.43. The number of carbonyl (C=O) groups is 1. The van der Waals surface area contributed by atoms with Crippen LogP contribution in [0, 0.1) is 11.8 Å². The zero-order valence-electron chi connectivity index (χ0n) is 10.6. The van der Waals surface area contributed by atoms with E-state index in [1.165, 1.54) is 0 Å². The molecule has 0 aliphatic carbocycles. The second-order valence-corrected chi connectivity index (χ2v) is 5.40. The van der Waals surface area contributed by atoms with E-state index in [1.54, 1.807) is 0 Å². The molecule has 4 heteroatoms. The van der Waals surface area contributed by atoms with E-state index in [1.807, 2.05) is 6.92 Å². The molecule has 0 aromatic heterocycles. The van der Waals surface area contributed by atoms with Crippen LogP contribution in [-0.2, 0) is 14.3 Å². The Kier molecular flexibility index (Phi) is 4.17. The number of hydrogen-bond acceptors (Lipinski definition) is 4. The maximum Gasteiger partial charge on any atom is 0.139 e. The molecule has 0 bridgehead atoms. The molecule has 2 aliphatic rings. The minimum atomic E-state index is -0.166. The van der Waals surface area contributed by atoms with Gasteiger partial charge in [-0.25, -0.2) is 0 Å². The van der Waals surface area contributed by atoms with Crippen molar-refractivity contribution in [1.82, 2.24) is 0 Å². The van der Waals surface area contributed by atoms with Crippen molar-refractivity contribution in [3.63, 3.8) is 0 Å². The quantitative estimate of drug-likeness (QED) is 0.801. The number of rotatable bonds is 4. The van der Waals surface area contributed by atoms with Crippen molar-refractivity contribution < 1.29 is 14.3 Å². The number of ether oxygens (including phenoxy) is 2. The van der Waals surface area contributed by atoms with E-state index in [4.69, 9.17) is 15.2 Å². The first-order valence-corrected chi connectivity index (χ1v) is 6.62. The molecule has 2 heterocycles. The zero-order chi connectivity index (χ0) is 12.3. The van der Waals surface area contributed by atoms with E-state index in [2.05, 4.69) is 0 Å². The predicted octanol–water partition coefficient (Wildman–Crippen LogP) is 1.13. The molecule has 2 aliphatic heterocycles. The summed E-state index contributed by atoms with van der Waals surface area (Å²) in [4.78, 5) is 12.3. The smallest absolute Gasteiger partial charge is 0.139 e. The van der Waals surface area contributed by atoms with Gasteiger partial charge in [0, 0.05) is 31.5 Å². The van der Waals surface area contributed by atoms with Crippen LogP contribution in [0.3, 0.4) is 0 Å². The SMILES string of the molecule is CC(CCN)C(=O)C1CCOC2(CCOC2)C1. The van der Waals surface area contributed by atoms with Crippen LogP contribution in [0.1, 0.15) is 32.6 Å². The summed E-state index contributed by atoms with van der Waals surface area (Å²) in [7, 11) is 0. The Morgan fingerprint density at radius 2 is 2.35 bits per heavy atom. The molecule has 2 saturated heterocycles. The number of ketones is 1. The fraction of sp³-hybridized carbons (Fsp3) is 0.923. The summed E-state index contributed by atoms with van der Waals surface area (Å²) in [6.07, 6.45) is 3.41. The number of nitrogens with two attached hydrogens (primary N) is 1. The standard InChI is InChI=1S/C13H23NO3/c1-10(2-5-14)12(15)11-3-6-17-13(8-11)4-7-16-9-13/h10-11H,2-9,14H2,1H3. The maximum atomic E-state index is 12.3. The molecule has 2 rings (SSSR count). The summed E-state index contributed by atoms with van der Waals surface area (Å²) in [6.45, 7) is 4.68. The van der Waals surface area contributed by atoms with Crippen LogP contribution in [0.2, 0.25) is 0 Å². The van der Waals surface area contributed by atoms with E-state index in [0.29, 0.717) is 25.5 Å². The molecule has 0 radical (unpaired) electrons. The van der Waals surface area contributed by atoms with Gasteiger partial charge in [-0.15, -0.1) is 0 Å². The molecule has 4 nitrogen and oxygen atoms in total. The lowest BCUT2D eigenvalue weighted by molar-refractivity contribution is -0.140. The van der Waals surface area contributed by atoms with Crippen molar-refractivity contribution in [1.29, 1.82) is 0 Å². The Morgan fingerprint density at radius 1 is 1.53 bits per heavy atom. The summed E-state index contributed by atoms with van der Waals surface area (Å²) < 4.78 is 11.3. The highest BCUT2D eigenvalue weighted by atomic mass is 16.6. The van der Waals surface area contributed by atoms with Gasteiger partial charge in [-0.1, -0.05) is 6.92 Å². The summed E-state index contributed by atoms with van der Waals surface area (Å²) in [5, 5.41) is 0. The van der Waals surface area contributed by atoms with E-state index >= 15 is 0 Å². The fourth-order valence-corrected chi connectivity index (χ4v) is 2.93. The molecule has 17 heavy (non-hydrogen) atoms. The van der Waals surface area contributed by atoms with Gasteiger partial charge in [0.15, 0.2) is 0 Å². The van der Waals surface area contributed by atoms with Crippen LogP contribution in [0.25, 0.3) is 0 Å². The maximum absolute atomic E-state index is 12.3. The first-order chi connectivity index (χ1) is 8.17. The topological polar surface area (TPSA) is 61.6 Å². The van der Waals surface area contributed by atoms with E-state index in [-0.39, 0.29) is 17.4 Å². The van der Waals surface area contributed by atoms with Crippen molar-refractivity contribution in [2.24, 2.45) is 17.6 Å². The molecule has 0 aromatic rings. The minimum absolute atomic E-state index is 0.0856. The second-order valence-electron chi connectivity index (χ2n) is 5.40. The predicted molar refractivity (Wildman–Crippen MR) is 64.7 cm³/mol. The number of Topliss-reactive ketones (excluding diaryl/α,β-unsaturated/α-hetero) is 1. The van der Waals surface area contributed by atoms with E-state index in [9.17, 15) is 4.79 Å². The van der Waals surface area contributed by atoms with Gasteiger partial charge in [-0.05, 0) is 25.8 Å². The van der Waals surface area contributed by atoms with Crippen LogP contribution in [0.4, 0.5) is 0 Å². The number of carbonyl (C=O) groups excluding carboxylic acids is 1. The summed E-state index contributed by atoms with van der Waals surface area (Å²) >= 11 is 0. The van der Waals surface area contributed by atoms with Gasteiger partial charge in [-0.2, -0.15) is 0 Å². The van der Waals surface area contributed by atoms with Crippen LogP contribution in [-0.4, -0.2) is 37.7 Å². The van der Waals surface area contributed by atoms with Crippen LogP contribution in [0.5, 0.6) is 0 Å². The van der Waals surface area contributed by atoms with E-state index < -0.39 is 0 Å². The molecule has 2 fully saturated rings. The van der Waals surface area contributed by atoms with Crippen LogP contribution >= 0.6 is 0 Å². The molecule has 3 atom stereocenters. The lowest BCUT2D eigenvalue weighted by atomic mass is 9.79. The van der Waals surface area contributed by atoms with Crippen LogP contribution < -0.4 is 5.73 Å². The minimum Gasteiger partial charge on any atom is -0.378 e. The zero-order valence-corrected chi connectivity index (χ0v) is 10.6. The van der Waals surface area contributed by atoms with Gasteiger partial charge in [0.2, 0.25) is 0 Å². The molecule has 0 amide bonds. The van der Waals surface area contributed by atoms with Crippen molar-refractivity contribution in [2.45, 2.75) is 38.2 Å². The van der Waals surface area contributed by atoms with Crippen molar-refractivity contribution in [2.75, 3.05) is 26.4 Å². The third-order valence-electron chi connectivity index (χ3n) is 4.05. The summed E-state index contributed by atoms with van der Waals surface area (Å²) in [5.41, 5.74) is 5.35. The highest BCUT2D eigenvalue weighted by Gasteiger charge is 2.43. The van der Waals surface area contributed by atoms with Gasteiger partial charge in [0.25, 0.3) is 0 Å². The van der Waals surface area contributed by atoms with Gasteiger partial charge in [0.1, 0.15) is 5.78 Å². The Bertz CT molecular complexity index is 274. The Morgan fingerprint density at radius 3 is 3.00 bits per heavy atom. The first kappa shape index (κ1) is 13.0. The van der Waals surface area contributed by atoms with Gasteiger partial charge < -0.3 is 15.2 Å². The third-order valence-corrected chi connectivity index (χ3v) is 4.05. The van der Waals surface area contributed by atoms with Crippen LogP contribution in [0.15, 0.2) is 0 Å². The summed E-state index contributed by atoms with van der Waals surface area (Å²) in [5.74, 6) is 0.597. The Balaban J connectivity index is 1.94. The molecular weight excluding hydrogens is 218 g/mol. The molecule has 98 valence electrons. The second kappa shape index (κ2) is 5.46. The Hall–Kier alpha value is -0.450. The number of hydrogen-bond donors (Lipinski definition) is 1. The molecular formula is C13H23NO3. The largest absolute Gasteiger partial charge is 0.378 e. The normalized spacial score (nSPS) is 35.1. The highest BCUT2D eigenvalue weighted by Crippen LogP contribution is 2.37. The Labute approximate surface area is 103 Å².